The Labute approximate surface area is 146 Å². The molecule has 0 radical (unpaired) electrons. The summed E-state index contributed by atoms with van der Waals surface area (Å²) in [7, 11) is 1.23. The molecule has 0 aliphatic carbocycles. The van der Waals surface area contributed by atoms with Crippen LogP contribution in [0, 0.1) is 0 Å². The number of nitrogens with zero attached hydrogens (tertiary/aromatic N) is 2. The molecule has 2 rings (SSSR count). The van der Waals surface area contributed by atoms with Crippen LogP contribution in [0.1, 0.15) is 13.8 Å². The van der Waals surface area contributed by atoms with Gasteiger partial charge in [-0.2, -0.15) is 0 Å². The highest BCUT2D eigenvalue weighted by atomic mass is 16.5. The van der Waals surface area contributed by atoms with E-state index in [0.717, 1.165) is 6.08 Å². The van der Waals surface area contributed by atoms with Gasteiger partial charge in [0.2, 0.25) is 0 Å². The third-order valence-corrected chi connectivity index (χ3v) is 3.71. The molecule has 1 aliphatic rings. The summed E-state index contributed by atoms with van der Waals surface area (Å²) in [5.74, 6) is -1.18. The first kappa shape index (κ1) is 18.3. The van der Waals surface area contributed by atoms with Gasteiger partial charge in [-0.3, -0.25) is 4.79 Å². The number of carbonyl (C=O) groups excluding carboxylic acids is 2. The first-order valence-electron chi connectivity index (χ1n) is 7.95. The van der Waals surface area contributed by atoms with Gasteiger partial charge in [0.05, 0.1) is 13.2 Å². The summed E-state index contributed by atoms with van der Waals surface area (Å²) in [5.41, 5.74) is 0.631. The Morgan fingerprint density at radius 3 is 2.44 bits per heavy atom. The lowest BCUT2D eigenvalue weighted by Crippen LogP contribution is -2.35. The van der Waals surface area contributed by atoms with E-state index in [2.05, 4.69) is 15.0 Å². The molecule has 7 heteroatoms. The van der Waals surface area contributed by atoms with Crippen LogP contribution in [0.2, 0.25) is 0 Å². The molecule has 0 saturated heterocycles. The minimum Gasteiger partial charge on any atom is -0.505 e. The van der Waals surface area contributed by atoms with E-state index in [0.29, 0.717) is 24.6 Å². The van der Waals surface area contributed by atoms with Crippen molar-refractivity contribution in [2.75, 3.05) is 25.5 Å². The predicted octanol–water partition coefficient (Wildman–Crippen LogP) is 2.25. The number of aliphatic hydroxyl groups is 1. The van der Waals surface area contributed by atoms with Crippen LogP contribution in [0.15, 0.2) is 58.4 Å². The largest absolute Gasteiger partial charge is 0.505 e. The highest BCUT2D eigenvalue weighted by molar-refractivity contribution is 6.27. The molecule has 0 atom stereocenters. The zero-order valence-electron chi connectivity index (χ0n) is 14.4. The Kier molecular flexibility index (Phi) is 5.94. The average molecular weight is 343 g/mol. The molecule has 0 aromatic heterocycles. The topological polar surface area (TPSA) is 91.2 Å². The van der Waals surface area contributed by atoms with E-state index in [-0.39, 0.29) is 17.0 Å². The van der Waals surface area contributed by atoms with Crippen molar-refractivity contribution in [1.82, 2.24) is 4.90 Å². The minimum atomic E-state index is -0.658. The quantitative estimate of drug-likeness (QED) is 0.632. The number of aliphatic hydroxyl groups excluding tert-OH is 1. The molecule has 1 aromatic carbocycles. The third-order valence-electron chi connectivity index (χ3n) is 3.71. The lowest BCUT2D eigenvalue weighted by atomic mass is 10.1. The number of aliphatic imine (C=N–C) groups is 1. The normalized spacial score (nSPS) is 15.2. The molecule has 2 N–H and O–H groups in total. The predicted molar refractivity (Wildman–Crippen MR) is 95.2 cm³/mol. The van der Waals surface area contributed by atoms with E-state index in [4.69, 9.17) is 0 Å². The molecule has 0 spiro atoms. The molecule has 1 aliphatic heterocycles. The van der Waals surface area contributed by atoms with Crippen molar-refractivity contribution in [2.45, 2.75) is 13.8 Å². The smallest absolute Gasteiger partial charge is 0.332 e. The first-order chi connectivity index (χ1) is 12.0. The fourth-order valence-electron chi connectivity index (χ4n) is 2.40. The standard InChI is InChI=1S/C18H21N3O4/c1-4-21(5-2)17-15(16(23)13(20-17)11-14(22)25-3)18(24)19-12-9-7-6-8-10-12/h6-11,23H,4-5H2,1-3H3,(H,19,24)/b13-11-. The van der Waals surface area contributed by atoms with Crippen molar-refractivity contribution >= 4 is 23.4 Å². The van der Waals surface area contributed by atoms with E-state index in [1.54, 1.807) is 24.3 Å². The zero-order chi connectivity index (χ0) is 18.4. The number of anilines is 1. The Bertz CT molecular complexity index is 747. The number of nitrogens with one attached hydrogen (secondary N) is 1. The number of rotatable bonds is 5. The molecule has 0 bridgehead atoms. The monoisotopic (exact) mass is 343 g/mol. The van der Waals surface area contributed by atoms with Gasteiger partial charge in [-0.25, -0.2) is 9.79 Å². The highest BCUT2D eigenvalue weighted by Gasteiger charge is 2.32. The lowest BCUT2D eigenvalue weighted by molar-refractivity contribution is -0.134. The van der Waals surface area contributed by atoms with Gasteiger partial charge in [-0.1, -0.05) is 18.2 Å². The fraction of sp³-hybridized carbons (Fsp3) is 0.278. The summed E-state index contributed by atoms with van der Waals surface area (Å²) >= 11 is 0. The summed E-state index contributed by atoms with van der Waals surface area (Å²) < 4.78 is 4.57. The van der Waals surface area contributed by atoms with Crippen LogP contribution in [0.25, 0.3) is 0 Å². The second-order valence-corrected chi connectivity index (χ2v) is 5.20. The number of hydrogen-bond donors (Lipinski definition) is 2. The van der Waals surface area contributed by atoms with E-state index in [1.807, 2.05) is 24.8 Å². The number of esters is 1. The van der Waals surface area contributed by atoms with Crippen LogP contribution < -0.4 is 5.32 Å². The number of ether oxygens (including phenoxy) is 1. The number of para-hydroxylation sites is 1. The van der Waals surface area contributed by atoms with Crippen molar-refractivity contribution < 1.29 is 19.4 Å². The van der Waals surface area contributed by atoms with Crippen LogP contribution in [0.5, 0.6) is 0 Å². The summed E-state index contributed by atoms with van der Waals surface area (Å²) in [4.78, 5) is 30.3. The second-order valence-electron chi connectivity index (χ2n) is 5.20. The molecule has 132 valence electrons. The van der Waals surface area contributed by atoms with Crippen LogP contribution in [-0.2, 0) is 14.3 Å². The number of amides is 1. The fourth-order valence-corrected chi connectivity index (χ4v) is 2.40. The minimum absolute atomic E-state index is 0.00645. The number of carbonyl (C=O) groups is 2. The maximum absolute atomic E-state index is 12.7. The zero-order valence-corrected chi connectivity index (χ0v) is 14.4. The van der Waals surface area contributed by atoms with Crippen molar-refractivity contribution in [3.63, 3.8) is 0 Å². The van der Waals surface area contributed by atoms with Crippen molar-refractivity contribution in [3.8, 4) is 0 Å². The molecule has 1 amide bonds. The molecule has 0 fully saturated rings. The van der Waals surface area contributed by atoms with E-state index < -0.39 is 11.9 Å². The van der Waals surface area contributed by atoms with Gasteiger partial charge in [0.15, 0.2) is 5.76 Å². The maximum Gasteiger partial charge on any atom is 0.332 e. The van der Waals surface area contributed by atoms with Crippen molar-refractivity contribution in [1.29, 1.82) is 0 Å². The summed E-state index contributed by atoms with van der Waals surface area (Å²) in [6, 6.07) is 8.90. The van der Waals surface area contributed by atoms with Gasteiger partial charge in [-0.05, 0) is 26.0 Å². The molecule has 1 heterocycles. The van der Waals surface area contributed by atoms with Crippen molar-refractivity contribution in [3.05, 3.63) is 53.4 Å². The van der Waals surface area contributed by atoms with Gasteiger partial charge in [0.1, 0.15) is 17.1 Å². The van der Waals surface area contributed by atoms with Gasteiger partial charge < -0.3 is 20.1 Å². The third kappa shape index (κ3) is 4.06. The number of hydrogen-bond acceptors (Lipinski definition) is 6. The van der Waals surface area contributed by atoms with Gasteiger partial charge in [-0.15, -0.1) is 0 Å². The van der Waals surface area contributed by atoms with Gasteiger partial charge in [0.25, 0.3) is 5.91 Å². The van der Waals surface area contributed by atoms with E-state index in [1.165, 1.54) is 7.11 Å². The molecule has 0 saturated carbocycles. The Morgan fingerprint density at radius 2 is 1.88 bits per heavy atom. The number of benzene rings is 1. The lowest BCUT2D eigenvalue weighted by Gasteiger charge is -2.22. The molecule has 25 heavy (non-hydrogen) atoms. The Balaban J connectivity index is 2.42. The number of amidine groups is 1. The van der Waals surface area contributed by atoms with Crippen LogP contribution in [-0.4, -0.2) is 47.9 Å². The second kappa shape index (κ2) is 8.14. The molecule has 1 aromatic rings. The van der Waals surface area contributed by atoms with E-state index >= 15 is 0 Å². The summed E-state index contributed by atoms with van der Waals surface area (Å²) in [6.45, 7) is 5.02. The summed E-state index contributed by atoms with van der Waals surface area (Å²) in [6.07, 6.45) is 1.06. The number of methoxy groups -OCH3 is 1. The SMILES string of the molecule is CCN(CC)C1=N/C(=C\C(=O)OC)C(O)=C1C(=O)Nc1ccccc1. The molecule has 0 unspecified atom stereocenters. The van der Waals surface area contributed by atoms with Crippen LogP contribution in [0.3, 0.4) is 0 Å². The van der Waals surface area contributed by atoms with Crippen LogP contribution in [0.4, 0.5) is 5.69 Å². The highest BCUT2D eigenvalue weighted by Crippen LogP contribution is 2.26. The number of likely N-dealkylation sites (N-methyl/N-ethyl adjacent to an activating group) is 1. The average Bonchev–Trinajstić information content (AvgIpc) is 2.93. The first-order valence-corrected chi connectivity index (χ1v) is 7.95. The van der Waals surface area contributed by atoms with Gasteiger partial charge in [0, 0.05) is 18.8 Å². The van der Waals surface area contributed by atoms with Crippen molar-refractivity contribution in [2.24, 2.45) is 4.99 Å². The Morgan fingerprint density at radius 1 is 1.24 bits per heavy atom. The van der Waals surface area contributed by atoms with E-state index in [9.17, 15) is 14.7 Å². The molecule has 7 nitrogen and oxygen atoms in total. The summed E-state index contributed by atoms with van der Waals surface area (Å²) in [5, 5.41) is 13.2. The van der Waals surface area contributed by atoms with Crippen LogP contribution >= 0.6 is 0 Å². The maximum atomic E-state index is 12.7. The van der Waals surface area contributed by atoms with Gasteiger partial charge >= 0.3 is 5.97 Å². The molecular formula is C18H21N3O4. The Hall–Kier alpha value is -3.09. The molecular weight excluding hydrogens is 322 g/mol.